The number of benzene rings is 1. The number of aryl methyl sites for hydroxylation is 1. The highest BCUT2D eigenvalue weighted by atomic mass is 32.2. The number of likely N-dealkylation sites (tertiary alicyclic amines) is 1. The van der Waals surface area contributed by atoms with Gasteiger partial charge in [-0.05, 0) is 55.7 Å². The number of rotatable bonds is 10. The Hall–Kier alpha value is -3.85. The zero-order chi connectivity index (χ0) is 31.4. The van der Waals surface area contributed by atoms with Crippen molar-refractivity contribution in [3.05, 3.63) is 75.7 Å². The first-order valence-corrected chi connectivity index (χ1v) is 15.9. The molecule has 232 valence electrons. The van der Waals surface area contributed by atoms with Gasteiger partial charge in [-0.3, -0.25) is 14.1 Å². The average Bonchev–Trinajstić information content (AvgIpc) is 3.39. The summed E-state index contributed by atoms with van der Waals surface area (Å²) in [6.07, 6.45) is 4.87. The van der Waals surface area contributed by atoms with Gasteiger partial charge in [-0.25, -0.2) is 9.37 Å². The van der Waals surface area contributed by atoms with E-state index in [-0.39, 0.29) is 24.2 Å². The number of carbonyl (C=O) groups is 1. The van der Waals surface area contributed by atoms with E-state index in [4.69, 9.17) is 4.98 Å². The number of carbonyl (C=O) groups excluding carboxylic acids is 1. The second-order valence-electron chi connectivity index (χ2n) is 11.3. The van der Waals surface area contributed by atoms with Gasteiger partial charge in [-0.1, -0.05) is 36.9 Å². The van der Waals surface area contributed by atoms with Crippen molar-refractivity contribution >= 4 is 40.4 Å². The van der Waals surface area contributed by atoms with Crippen LogP contribution in [-0.2, 0) is 11.2 Å². The minimum Gasteiger partial charge on any atom is -0.396 e. The van der Waals surface area contributed by atoms with Crippen molar-refractivity contribution in [1.82, 2.24) is 19.2 Å². The minimum atomic E-state index is -0.308. The summed E-state index contributed by atoms with van der Waals surface area (Å²) in [6, 6.07) is 12.7. The Balaban J connectivity index is 1.32. The lowest BCUT2D eigenvalue weighted by Gasteiger charge is -2.41. The van der Waals surface area contributed by atoms with E-state index in [1.54, 1.807) is 12.1 Å². The molecule has 11 heteroatoms. The van der Waals surface area contributed by atoms with Crippen LogP contribution in [0.3, 0.4) is 0 Å². The molecule has 0 unspecified atom stereocenters. The molecule has 0 saturated carbocycles. The molecule has 1 aromatic carbocycles. The summed E-state index contributed by atoms with van der Waals surface area (Å²) in [4.78, 5) is 26.5. The van der Waals surface area contributed by atoms with Crippen molar-refractivity contribution in [3.8, 4) is 6.07 Å². The van der Waals surface area contributed by atoms with E-state index in [1.165, 1.54) is 23.9 Å². The Morgan fingerprint density at radius 2 is 1.89 bits per heavy atom. The van der Waals surface area contributed by atoms with Crippen LogP contribution >= 0.6 is 11.8 Å². The van der Waals surface area contributed by atoms with Crippen molar-refractivity contribution in [2.45, 2.75) is 27.2 Å². The molecule has 1 amide bonds. The smallest absolute Gasteiger partial charge is 0.236 e. The summed E-state index contributed by atoms with van der Waals surface area (Å²) >= 11 is 1.39. The van der Waals surface area contributed by atoms with E-state index in [1.807, 2.05) is 37.9 Å². The topological polar surface area (TPSA) is 91.4 Å². The predicted octanol–water partition coefficient (Wildman–Crippen LogP) is 4.59. The van der Waals surface area contributed by atoms with E-state index >= 15 is 0 Å². The standard InChI is InChI=1S/C33H40FN7O2S/c1-5-28-33(37(4)32(6-2)44-29(17-35)23(3)25-7-9-26(34)10-8-25)41-20-27(11-12-30(41)36-28)39-15-13-38(14-16-39)21-31(43)40-18-24(19-40)22-42/h6-12,20,24,42H,5,13-16,18-19,21-22H2,1-4H3/b29-23+,32-6-. The van der Waals surface area contributed by atoms with Gasteiger partial charge in [0.2, 0.25) is 5.91 Å². The number of thioether (sulfide) groups is 1. The Morgan fingerprint density at radius 3 is 2.50 bits per heavy atom. The second kappa shape index (κ2) is 13.8. The van der Waals surface area contributed by atoms with Gasteiger partial charge in [-0.2, -0.15) is 5.26 Å². The highest BCUT2D eigenvalue weighted by molar-refractivity contribution is 8.07. The third-order valence-corrected chi connectivity index (χ3v) is 9.79. The number of imidazole rings is 1. The van der Waals surface area contributed by atoms with Crippen molar-refractivity contribution in [2.24, 2.45) is 5.92 Å². The highest BCUT2D eigenvalue weighted by Crippen LogP contribution is 2.37. The number of nitriles is 1. The third kappa shape index (κ3) is 6.62. The molecule has 0 spiro atoms. The maximum absolute atomic E-state index is 13.5. The number of hydrogen-bond donors (Lipinski definition) is 1. The van der Waals surface area contributed by atoms with Crippen LogP contribution in [0, 0.1) is 23.1 Å². The summed E-state index contributed by atoms with van der Waals surface area (Å²) in [5.74, 6) is 1.01. The quantitative estimate of drug-likeness (QED) is 0.331. The van der Waals surface area contributed by atoms with Crippen molar-refractivity contribution < 1.29 is 14.3 Å². The Kier molecular flexibility index (Phi) is 9.93. The van der Waals surface area contributed by atoms with Gasteiger partial charge >= 0.3 is 0 Å². The van der Waals surface area contributed by atoms with Crippen molar-refractivity contribution in [2.75, 3.05) is 69.3 Å². The molecule has 2 saturated heterocycles. The number of aromatic nitrogens is 2. The van der Waals surface area contributed by atoms with Gasteiger partial charge in [0.25, 0.3) is 0 Å². The van der Waals surface area contributed by atoms with Gasteiger partial charge in [0.15, 0.2) is 0 Å². The van der Waals surface area contributed by atoms with Crippen molar-refractivity contribution in [3.63, 3.8) is 0 Å². The molecule has 2 aromatic heterocycles. The van der Waals surface area contributed by atoms with Gasteiger partial charge in [0, 0.05) is 65.0 Å². The normalized spacial score (nSPS) is 17.0. The van der Waals surface area contributed by atoms with E-state index in [9.17, 15) is 19.6 Å². The number of allylic oxidation sites excluding steroid dienone is 3. The largest absolute Gasteiger partial charge is 0.396 e. The van der Waals surface area contributed by atoms with Crippen LogP contribution in [0.2, 0.25) is 0 Å². The number of amides is 1. The van der Waals surface area contributed by atoms with Gasteiger partial charge in [-0.15, -0.1) is 0 Å². The molecule has 44 heavy (non-hydrogen) atoms. The van der Waals surface area contributed by atoms with Crippen LogP contribution in [0.5, 0.6) is 0 Å². The first kappa shape index (κ1) is 31.6. The van der Waals surface area contributed by atoms with E-state index < -0.39 is 0 Å². The Labute approximate surface area is 262 Å². The number of aliphatic hydroxyl groups excluding tert-OH is 1. The highest BCUT2D eigenvalue weighted by Gasteiger charge is 2.31. The molecule has 0 atom stereocenters. The molecule has 4 heterocycles. The fourth-order valence-electron chi connectivity index (χ4n) is 5.74. The van der Waals surface area contributed by atoms with Crippen molar-refractivity contribution in [1.29, 1.82) is 5.26 Å². The molecule has 1 N–H and O–H groups in total. The molecule has 0 bridgehead atoms. The first-order valence-electron chi connectivity index (χ1n) is 15.1. The summed E-state index contributed by atoms with van der Waals surface area (Å²) in [7, 11) is 2.00. The van der Waals surface area contributed by atoms with Crippen LogP contribution in [0.25, 0.3) is 11.2 Å². The van der Waals surface area contributed by atoms with Crippen LogP contribution in [0.4, 0.5) is 15.9 Å². The van der Waals surface area contributed by atoms with E-state index in [2.05, 4.69) is 44.4 Å². The number of hydrogen-bond acceptors (Lipinski definition) is 8. The number of pyridine rings is 1. The number of fused-ring (bicyclic) bond motifs is 1. The molecule has 2 aliphatic rings. The van der Waals surface area contributed by atoms with Crippen LogP contribution in [0.15, 0.2) is 58.6 Å². The molecule has 3 aromatic rings. The van der Waals surface area contributed by atoms with Crippen LogP contribution < -0.4 is 9.80 Å². The summed E-state index contributed by atoms with van der Waals surface area (Å²) in [5, 5.41) is 20.2. The lowest BCUT2D eigenvalue weighted by atomic mass is 10.0. The predicted molar refractivity (Wildman–Crippen MR) is 175 cm³/mol. The number of piperazine rings is 1. The third-order valence-electron chi connectivity index (χ3n) is 8.47. The Bertz CT molecular complexity index is 1600. The maximum Gasteiger partial charge on any atom is 0.236 e. The van der Waals surface area contributed by atoms with Gasteiger partial charge in [0.05, 0.1) is 27.9 Å². The average molecular weight is 618 g/mol. The monoisotopic (exact) mass is 617 g/mol. The molecule has 2 aliphatic heterocycles. The number of nitrogens with zero attached hydrogens (tertiary/aromatic N) is 7. The number of aliphatic hydroxyl groups is 1. The summed E-state index contributed by atoms with van der Waals surface area (Å²) in [5.41, 5.74) is 4.50. The molecular weight excluding hydrogens is 577 g/mol. The molecule has 9 nitrogen and oxygen atoms in total. The molecule has 0 aliphatic carbocycles. The fraction of sp³-hybridized carbons (Fsp3) is 0.424. The molecule has 0 radical (unpaired) electrons. The number of halogens is 1. The van der Waals surface area contributed by atoms with E-state index in [0.29, 0.717) is 24.5 Å². The summed E-state index contributed by atoms with van der Waals surface area (Å²) in [6.45, 7) is 11.0. The maximum atomic E-state index is 13.5. The zero-order valence-corrected chi connectivity index (χ0v) is 26.6. The molecule has 2 fully saturated rings. The Morgan fingerprint density at radius 1 is 1.18 bits per heavy atom. The van der Waals surface area contributed by atoms with E-state index in [0.717, 1.165) is 71.6 Å². The summed E-state index contributed by atoms with van der Waals surface area (Å²) < 4.78 is 15.6. The number of anilines is 2. The SMILES string of the molecule is C/C=C(\S/C(C#N)=C(\C)c1ccc(F)cc1)N(C)c1c(CC)nc2ccc(N3CCN(CC(=O)N4CC(CO)C4)CC3)cn12. The van der Waals surface area contributed by atoms with Gasteiger partial charge < -0.3 is 19.8 Å². The van der Waals surface area contributed by atoms with Gasteiger partial charge in [0.1, 0.15) is 23.4 Å². The first-order chi connectivity index (χ1) is 21.3. The molecule has 5 rings (SSSR count). The zero-order valence-electron chi connectivity index (χ0n) is 25.8. The molecular formula is C33H40FN7O2S. The van der Waals surface area contributed by atoms with Crippen LogP contribution in [-0.4, -0.2) is 89.7 Å². The lowest BCUT2D eigenvalue weighted by Crippen LogP contribution is -2.56. The van der Waals surface area contributed by atoms with Crippen LogP contribution in [0.1, 0.15) is 32.0 Å². The lowest BCUT2D eigenvalue weighted by molar-refractivity contribution is -0.139. The fourth-order valence-corrected chi connectivity index (χ4v) is 6.60. The second-order valence-corrected chi connectivity index (χ2v) is 12.4. The minimum absolute atomic E-state index is 0.141.